The lowest BCUT2D eigenvalue weighted by molar-refractivity contribution is 0.0374. The summed E-state index contributed by atoms with van der Waals surface area (Å²) in [4.78, 5) is 27.9. The number of hydrogen-bond acceptors (Lipinski definition) is 4. The van der Waals surface area contributed by atoms with Gasteiger partial charge >= 0.3 is 0 Å². The molecule has 0 aliphatic carbocycles. The largest absolute Gasteiger partial charge is 0.379 e. The first-order valence-electron chi connectivity index (χ1n) is 9.50. The van der Waals surface area contributed by atoms with Gasteiger partial charge in [0.25, 0.3) is 5.91 Å². The third-order valence-electron chi connectivity index (χ3n) is 5.44. The van der Waals surface area contributed by atoms with Crippen molar-refractivity contribution in [2.45, 2.75) is 25.8 Å². The molecule has 7 heteroatoms. The molecule has 27 heavy (non-hydrogen) atoms. The van der Waals surface area contributed by atoms with Crippen molar-refractivity contribution < 1.29 is 9.53 Å². The van der Waals surface area contributed by atoms with Gasteiger partial charge in [0.2, 0.25) is 5.43 Å². The molecule has 0 saturated carbocycles. The number of aromatic nitrogens is 1. The van der Waals surface area contributed by atoms with Crippen molar-refractivity contribution in [1.29, 1.82) is 0 Å². The molecule has 1 atom stereocenters. The van der Waals surface area contributed by atoms with E-state index in [2.05, 4.69) is 43.7 Å². The number of amides is 1. The first-order valence-corrected chi connectivity index (χ1v) is 10.3. The topological polar surface area (TPSA) is 63.6 Å². The van der Waals surface area contributed by atoms with E-state index in [-0.39, 0.29) is 22.9 Å². The van der Waals surface area contributed by atoms with Gasteiger partial charge in [0, 0.05) is 41.7 Å². The van der Waals surface area contributed by atoms with Crippen molar-refractivity contribution >= 4 is 32.7 Å². The Kier molecular flexibility index (Phi) is 5.34. The summed E-state index contributed by atoms with van der Waals surface area (Å²) in [7, 11) is 0. The number of morpholine rings is 1. The Morgan fingerprint density at radius 1 is 1.33 bits per heavy atom. The second kappa shape index (κ2) is 7.73. The molecule has 0 bridgehead atoms. The van der Waals surface area contributed by atoms with E-state index in [0.29, 0.717) is 11.9 Å². The zero-order valence-corrected chi connectivity index (χ0v) is 17.0. The fraction of sp³-hybridized carbons (Fsp3) is 0.500. The molecule has 2 aliphatic rings. The number of benzene rings is 1. The van der Waals surface area contributed by atoms with Crippen LogP contribution < -0.4 is 10.7 Å². The Labute approximate surface area is 166 Å². The Morgan fingerprint density at radius 2 is 2.11 bits per heavy atom. The van der Waals surface area contributed by atoms with Gasteiger partial charge in [-0.25, -0.2) is 0 Å². The van der Waals surface area contributed by atoms with Crippen LogP contribution in [0.1, 0.15) is 35.3 Å². The monoisotopic (exact) mass is 433 g/mol. The van der Waals surface area contributed by atoms with Gasteiger partial charge in [-0.1, -0.05) is 15.9 Å². The van der Waals surface area contributed by atoms with Crippen molar-refractivity contribution in [1.82, 2.24) is 14.8 Å². The molecule has 2 aliphatic heterocycles. The third-order valence-corrected chi connectivity index (χ3v) is 5.90. The van der Waals surface area contributed by atoms with E-state index < -0.39 is 0 Å². The van der Waals surface area contributed by atoms with E-state index >= 15 is 0 Å². The minimum absolute atomic E-state index is 0.191. The van der Waals surface area contributed by atoms with Crippen molar-refractivity contribution in [2.24, 2.45) is 0 Å². The average Bonchev–Trinajstić information content (AvgIpc) is 2.97. The van der Waals surface area contributed by atoms with Crippen LogP contribution in [0.2, 0.25) is 0 Å². The summed E-state index contributed by atoms with van der Waals surface area (Å²) in [5.41, 5.74) is 2.15. The van der Waals surface area contributed by atoms with Crippen LogP contribution in [0.15, 0.2) is 27.6 Å². The Bertz CT molecular complexity index is 934. The molecule has 1 aromatic carbocycles. The van der Waals surface area contributed by atoms with Crippen molar-refractivity contribution in [3.8, 4) is 0 Å². The molecule has 0 spiro atoms. The molecular weight excluding hydrogens is 410 g/mol. The van der Waals surface area contributed by atoms with Gasteiger partial charge in [-0.3, -0.25) is 14.5 Å². The molecule has 1 aromatic heterocycles. The average molecular weight is 434 g/mol. The number of nitrogens with one attached hydrogen (secondary N) is 1. The quantitative estimate of drug-likeness (QED) is 0.734. The zero-order chi connectivity index (χ0) is 19.0. The number of halogens is 1. The maximum atomic E-state index is 12.9. The normalized spacial score (nSPS) is 19.6. The maximum Gasteiger partial charge on any atom is 0.256 e. The molecule has 1 fully saturated rings. The van der Waals surface area contributed by atoms with Crippen LogP contribution >= 0.6 is 15.9 Å². The summed E-state index contributed by atoms with van der Waals surface area (Å²) in [6.45, 7) is 7.04. The van der Waals surface area contributed by atoms with Crippen LogP contribution in [0.3, 0.4) is 0 Å². The van der Waals surface area contributed by atoms with E-state index in [1.807, 2.05) is 6.07 Å². The van der Waals surface area contributed by atoms with Crippen molar-refractivity contribution in [3.05, 3.63) is 44.2 Å². The number of nitrogens with zero attached hydrogens (tertiary/aromatic N) is 2. The number of pyridine rings is 1. The van der Waals surface area contributed by atoms with Crippen LogP contribution in [0, 0.1) is 0 Å². The molecule has 3 heterocycles. The SMILES string of the molecule is C[C@@H]1Cc2cc(Br)cc3c(=O)c(C(=O)NCCCN4CCOCC4)cn1c23. The van der Waals surface area contributed by atoms with Crippen LogP contribution in [0.5, 0.6) is 0 Å². The second-order valence-corrected chi connectivity index (χ2v) is 8.27. The van der Waals surface area contributed by atoms with Gasteiger partial charge in [0.05, 0.1) is 18.7 Å². The summed E-state index contributed by atoms with van der Waals surface area (Å²) in [5, 5.41) is 3.54. The highest BCUT2D eigenvalue weighted by Gasteiger charge is 2.25. The first kappa shape index (κ1) is 18.7. The summed E-state index contributed by atoms with van der Waals surface area (Å²) >= 11 is 3.49. The van der Waals surface area contributed by atoms with Gasteiger partial charge in [-0.2, -0.15) is 0 Å². The smallest absolute Gasteiger partial charge is 0.256 e. The summed E-state index contributed by atoms with van der Waals surface area (Å²) < 4.78 is 8.29. The minimum atomic E-state index is -0.284. The van der Waals surface area contributed by atoms with Crippen molar-refractivity contribution in [3.63, 3.8) is 0 Å². The standard InChI is InChI=1S/C20H24BrN3O3/c1-13-9-14-10-15(21)11-16-18(14)24(13)12-17(19(16)25)20(26)22-3-2-4-23-5-7-27-8-6-23/h10-13H,2-9H2,1H3,(H,22,26)/t13-/m1/s1. The fourth-order valence-corrected chi connectivity index (χ4v) is 4.55. The minimum Gasteiger partial charge on any atom is -0.379 e. The van der Waals surface area contributed by atoms with Gasteiger partial charge in [-0.05, 0) is 44.0 Å². The number of rotatable bonds is 5. The molecule has 0 radical (unpaired) electrons. The Balaban J connectivity index is 1.49. The van der Waals surface area contributed by atoms with Gasteiger partial charge < -0.3 is 14.6 Å². The van der Waals surface area contributed by atoms with E-state index in [4.69, 9.17) is 4.74 Å². The number of ether oxygens (including phenoxy) is 1. The van der Waals surface area contributed by atoms with Gasteiger partial charge in [0.15, 0.2) is 0 Å². The maximum absolute atomic E-state index is 12.9. The Hall–Kier alpha value is -1.70. The highest BCUT2D eigenvalue weighted by atomic mass is 79.9. The van der Waals surface area contributed by atoms with Crippen LogP contribution in [0.4, 0.5) is 0 Å². The van der Waals surface area contributed by atoms with Crippen molar-refractivity contribution in [2.75, 3.05) is 39.4 Å². The highest BCUT2D eigenvalue weighted by Crippen LogP contribution is 2.33. The second-order valence-electron chi connectivity index (χ2n) is 7.36. The molecule has 6 nitrogen and oxygen atoms in total. The molecule has 144 valence electrons. The number of carbonyl (C=O) groups is 1. The molecular formula is C20H24BrN3O3. The predicted molar refractivity (Wildman–Crippen MR) is 109 cm³/mol. The van der Waals surface area contributed by atoms with Crippen LogP contribution in [-0.4, -0.2) is 54.8 Å². The molecule has 2 aromatic rings. The van der Waals surface area contributed by atoms with E-state index in [9.17, 15) is 9.59 Å². The van der Waals surface area contributed by atoms with Crippen LogP contribution in [-0.2, 0) is 11.2 Å². The number of carbonyl (C=O) groups excluding carboxylic acids is 1. The molecule has 4 rings (SSSR count). The fourth-order valence-electron chi connectivity index (χ4n) is 4.05. The zero-order valence-electron chi connectivity index (χ0n) is 15.5. The molecule has 1 saturated heterocycles. The predicted octanol–water partition coefficient (Wildman–Crippen LogP) is 2.33. The van der Waals surface area contributed by atoms with Gasteiger partial charge in [0.1, 0.15) is 5.56 Å². The highest BCUT2D eigenvalue weighted by molar-refractivity contribution is 9.10. The lowest BCUT2D eigenvalue weighted by Gasteiger charge is -2.26. The molecule has 1 amide bonds. The third kappa shape index (κ3) is 3.68. The van der Waals surface area contributed by atoms with Gasteiger partial charge in [-0.15, -0.1) is 0 Å². The summed E-state index contributed by atoms with van der Waals surface area (Å²) in [6.07, 6.45) is 3.47. The van der Waals surface area contributed by atoms with E-state index in [1.165, 1.54) is 0 Å². The summed E-state index contributed by atoms with van der Waals surface area (Å²) in [5.74, 6) is -0.284. The Morgan fingerprint density at radius 3 is 2.89 bits per heavy atom. The lowest BCUT2D eigenvalue weighted by atomic mass is 10.1. The summed E-state index contributed by atoms with van der Waals surface area (Å²) in [6, 6.07) is 4.13. The van der Waals surface area contributed by atoms with Crippen LogP contribution in [0.25, 0.3) is 10.9 Å². The van der Waals surface area contributed by atoms with E-state index in [0.717, 1.165) is 61.2 Å². The lowest BCUT2D eigenvalue weighted by Crippen LogP contribution is -2.38. The molecule has 0 unspecified atom stereocenters. The van der Waals surface area contributed by atoms with E-state index in [1.54, 1.807) is 6.20 Å². The molecule has 1 N–H and O–H groups in total. The first-order chi connectivity index (χ1) is 13.0. The number of hydrogen-bond donors (Lipinski definition) is 1.